The maximum absolute atomic E-state index is 6.14. The minimum atomic E-state index is 0.687. The Hall–Kier alpha value is -1.51. The van der Waals surface area contributed by atoms with Crippen molar-refractivity contribution < 1.29 is 0 Å². The van der Waals surface area contributed by atoms with E-state index >= 15 is 0 Å². The van der Waals surface area contributed by atoms with Crippen LogP contribution in [0.4, 0.5) is 5.95 Å². The summed E-state index contributed by atoms with van der Waals surface area (Å²) in [6.45, 7) is 3.20. The summed E-state index contributed by atoms with van der Waals surface area (Å²) in [5.41, 5.74) is 9.67. The molecule has 0 radical (unpaired) electrons. The zero-order valence-electron chi connectivity index (χ0n) is 11.5. The van der Waals surface area contributed by atoms with Gasteiger partial charge in [0.05, 0.1) is 11.0 Å². The van der Waals surface area contributed by atoms with Gasteiger partial charge < -0.3 is 10.3 Å². The molecule has 2 N–H and O–H groups in total. The van der Waals surface area contributed by atoms with Crippen molar-refractivity contribution in [3.05, 3.63) is 23.8 Å². The van der Waals surface area contributed by atoms with Gasteiger partial charge in [0.25, 0.3) is 0 Å². The van der Waals surface area contributed by atoms with Gasteiger partial charge in [-0.05, 0) is 68.1 Å². The maximum Gasteiger partial charge on any atom is 0.201 e. The van der Waals surface area contributed by atoms with Gasteiger partial charge in [-0.2, -0.15) is 0 Å². The first-order valence-electron chi connectivity index (χ1n) is 7.45. The van der Waals surface area contributed by atoms with Gasteiger partial charge >= 0.3 is 0 Å². The van der Waals surface area contributed by atoms with Gasteiger partial charge in [-0.15, -0.1) is 0 Å². The van der Waals surface area contributed by atoms with E-state index < -0.39 is 0 Å². The van der Waals surface area contributed by atoms with Crippen molar-refractivity contribution in [3.63, 3.8) is 0 Å². The van der Waals surface area contributed by atoms with Crippen molar-refractivity contribution in [2.75, 3.05) is 5.73 Å². The van der Waals surface area contributed by atoms with Crippen molar-refractivity contribution in [1.29, 1.82) is 0 Å². The molecular formula is C16H21N3. The molecule has 4 rings (SSSR count). The highest BCUT2D eigenvalue weighted by molar-refractivity contribution is 5.79. The number of rotatable bonds is 4. The number of benzene rings is 1. The molecule has 0 unspecified atom stereocenters. The van der Waals surface area contributed by atoms with Gasteiger partial charge in [0.2, 0.25) is 5.95 Å². The second kappa shape index (κ2) is 3.99. The van der Waals surface area contributed by atoms with E-state index in [4.69, 9.17) is 5.73 Å². The Morgan fingerprint density at radius 2 is 1.95 bits per heavy atom. The Balaban J connectivity index is 1.72. The Bertz CT molecular complexity index is 608. The molecule has 1 aromatic carbocycles. The van der Waals surface area contributed by atoms with Crippen LogP contribution in [-0.4, -0.2) is 9.55 Å². The zero-order valence-corrected chi connectivity index (χ0v) is 11.5. The molecule has 2 aliphatic carbocycles. The molecule has 100 valence electrons. The van der Waals surface area contributed by atoms with Crippen molar-refractivity contribution in [1.82, 2.24) is 9.55 Å². The van der Waals surface area contributed by atoms with Crippen LogP contribution in [0.15, 0.2) is 18.2 Å². The fourth-order valence-electron chi connectivity index (χ4n) is 3.39. The van der Waals surface area contributed by atoms with Gasteiger partial charge in [-0.25, -0.2) is 4.98 Å². The molecule has 1 aromatic heterocycles. The summed E-state index contributed by atoms with van der Waals surface area (Å²) in [5.74, 6) is 3.43. The third kappa shape index (κ3) is 2.01. The number of nitrogens with two attached hydrogens (primary N) is 1. The molecule has 2 aliphatic rings. The number of imidazole rings is 1. The smallest absolute Gasteiger partial charge is 0.201 e. The van der Waals surface area contributed by atoms with Crippen LogP contribution in [0.25, 0.3) is 11.0 Å². The number of nitrogen functional groups attached to an aromatic ring is 1. The van der Waals surface area contributed by atoms with Gasteiger partial charge in [-0.3, -0.25) is 0 Å². The molecule has 0 amide bonds. The van der Waals surface area contributed by atoms with E-state index in [1.807, 2.05) is 0 Å². The lowest BCUT2D eigenvalue weighted by Gasteiger charge is -2.17. The highest BCUT2D eigenvalue weighted by Crippen LogP contribution is 2.50. The monoisotopic (exact) mass is 255 g/mol. The Labute approximate surface area is 113 Å². The Morgan fingerprint density at radius 1 is 1.26 bits per heavy atom. The van der Waals surface area contributed by atoms with Gasteiger partial charge in [0.15, 0.2) is 0 Å². The average Bonchev–Trinajstić information content (AvgIpc) is 3.25. The van der Waals surface area contributed by atoms with Gasteiger partial charge in [0.1, 0.15) is 0 Å². The number of fused-ring (bicyclic) bond motifs is 1. The minimum Gasteiger partial charge on any atom is -0.369 e. The highest BCUT2D eigenvalue weighted by Gasteiger charge is 2.41. The van der Waals surface area contributed by atoms with Gasteiger partial charge in [-0.1, -0.05) is 6.07 Å². The molecule has 3 nitrogen and oxygen atoms in total. The largest absolute Gasteiger partial charge is 0.369 e. The summed E-state index contributed by atoms with van der Waals surface area (Å²) in [7, 11) is 0. The lowest BCUT2D eigenvalue weighted by molar-refractivity contribution is 0.355. The normalized spacial score (nSPS) is 19.5. The predicted molar refractivity (Wildman–Crippen MR) is 77.8 cm³/mol. The van der Waals surface area contributed by atoms with Crippen molar-refractivity contribution in [3.8, 4) is 0 Å². The van der Waals surface area contributed by atoms with E-state index in [9.17, 15) is 0 Å². The molecule has 0 atom stereocenters. The SMILES string of the molecule is Cc1ccc2nc(N)n(CC(C3CC3)C3CC3)c2c1. The molecule has 2 fully saturated rings. The van der Waals surface area contributed by atoms with E-state index in [0.717, 1.165) is 29.8 Å². The summed E-state index contributed by atoms with van der Waals surface area (Å²) in [4.78, 5) is 4.51. The van der Waals surface area contributed by atoms with E-state index in [2.05, 4.69) is 34.7 Å². The van der Waals surface area contributed by atoms with E-state index in [0.29, 0.717) is 5.95 Å². The number of aromatic nitrogens is 2. The van der Waals surface area contributed by atoms with Crippen LogP contribution in [0.3, 0.4) is 0 Å². The molecular weight excluding hydrogens is 234 g/mol. The molecule has 2 saturated carbocycles. The number of hydrogen-bond donors (Lipinski definition) is 1. The maximum atomic E-state index is 6.14. The lowest BCUT2D eigenvalue weighted by Crippen LogP contribution is -2.16. The number of nitrogens with zero attached hydrogens (tertiary/aromatic N) is 2. The zero-order chi connectivity index (χ0) is 13.0. The van der Waals surface area contributed by atoms with E-state index in [1.54, 1.807) is 0 Å². The van der Waals surface area contributed by atoms with Crippen molar-refractivity contribution in [2.45, 2.75) is 39.2 Å². The summed E-state index contributed by atoms with van der Waals surface area (Å²) < 4.78 is 2.25. The second-order valence-electron chi connectivity index (χ2n) is 6.41. The molecule has 1 heterocycles. The molecule has 0 bridgehead atoms. The second-order valence-corrected chi connectivity index (χ2v) is 6.41. The minimum absolute atomic E-state index is 0.687. The molecule has 0 aliphatic heterocycles. The fourth-order valence-corrected chi connectivity index (χ4v) is 3.39. The predicted octanol–water partition coefficient (Wildman–Crippen LogP) is 3.36. The first-order valence-corrected chi connectivity index (χ1v) is 7.45. The number of aryl methyl sites for hydroxylation is 1. The first-order chi connectivity index (χ1) is 9.22. The summed E-state index contributed by atoms with van der Waals surface area (Å²) in [5, 5.41) is 0. The Morgan fingerprint density at radius 3 is 2.58 bits per heavy atom. The van der Waals surface area contributed by atoms with Crippen LogP contribution in [0, 0.1) is 24.7 Å². The van der Waals surface area contributed by atoms with Crippen LogP contribution in [-0.2, 0) is 6.54 Å². The Kier molecular flexibility index (Phi) is 2.38. The molecule has 0 spiro atoms. The topological polar surface area (TPSA) is 43.8 Å². The van der Waals surface area contributed by atoms with Crippen LogP contribution < -0.4 is 5.73 Å². The van der Waals surface area contributed by atoms with E-state index in [1.165, 1.54) is 36.8 Å². The molecule has 3 heteroatoms. The third-order valence-electron chi connectivity index (χ3n) is 4.78. The summed E-state index contributed by atoms with van der Waals surface area (Å²) >= 11 is 0. The number of anilines is 1. The van der Waals surface area contributed by atoms with Crippen LogP contribution in [0.2, 0.25) is 0 Å². The van der Waals surface area contributed by atoms with E-state index in [-0.39, 0.29) is 0 Å². The molecule has 0 saturated heterocycles. The van der Waals surface area contributed by atoms with Crippen LogP contribution >= 0.6 is 0 Å². The number of hydrogen-bond acceptors (Lipinski definition) is 2. The molecule has 19 heavy (non-hydrogen) atoms. The van der Waals surface area contributed by atoms with Crippen molar-refractivity contribution >= 4 is 17.0 Å². The fraction of sp³-hybridized carbons (Fsp3) is 0.562. The molecule has 2 aromatic rings. The highest BCUT2D eigenvalue weighted by atomic mass is 15.2. The first kappa shape index (κ1) is 11.3. The van der Waals surface area contributed by atoms with Crippen LogP contribution in [0.1, 0.15) is 31.2 Å². The third-order valence-corrected chi connectivity index (χ3v) is 4.78. The quantitative estimate of drug-likeness (QED) is 0.910. The van der Waals surface area contributed by atoms with Crippen molar-refractivity contribution in [2.24, 2.45) is 17.8 Å². The van der Waals surface area contributed by atoms with Crippen LogP contribution in [0.5, 0.6) is 0 Å². The average molecular weight is 255 g/mol. The lowest BCUT2D eigenvalue weighted by atomic mass is 9.98. The van der Waals surface area contributed by atoms with Gasteiger partial charge in [0, 0.05) is 6.54 Å². The summed E-state index contributed by atoms with van der Waals surface area (Å²) in [6.07, 6.45) is 5.69. The summed E-state index contributed by atoms with van der Waals surface area (Å²) in [6, 6.07) is 6.41. The standard InChI is InChI=1S/C16H21N3/c1-10-2-7-14-15(8-10)19(16(17)18-14)9-13(11-3-4-11)12-5-6-12/h2,7-8,11-13H,3-6,9H2,1H3,(H2,17,18).